The summed E-state index contributed by atoms with van der Waals surface area (Å²) >= 11 is 0. The molecular weight excluding hydrogens is 296 g/mol. The van der Waals surface area contributed by atoms with Gasteiger partial charge < -0.3 is 25.2 Å². The standard InChI is InChI=1S/C16H22N4O3/c1-22-13-7-11-12(8-14(13)23-2)18-16(19-15(11)17)20-5-3-10(9-21)4-6-20/h7-8,10,21H,3-6,9H2,1-2H3,(H2,17,18,19). The van der Waals surface area contributed by atoms with Gasteiger partial charge in [-0.3, -0.25) is 0 Å². The summed E-state index contributed by atoms with van der Waals surface area (Å²) in [6.07, 6.45) is 1.87. The fourth-order valence-electron chi connectivity index (χ4n) is 2.92. The van der Waals surface area contributed by atoms with Crippen molar-refractivity contribution in [3.05, 3.63) is 12.1 Å². The number of nitrogens with two attached hydrogens (primary N) is 1. The zero-order chi connectivity index (χ0) is 16.4. The van der Waals surface area contributed by atoms with Gasteiger partial charge in [0.1, 0.15) is 5.82 Å². The maximum atomic E-state index is 9.24. The number of benzene rings is 1. The number of piperidine rings is 1. The van der Waals surface area contributed by atoms with E-state index in [9.17, 15) is 5.11 Å². The van der Waals surface area contributed by atoms with Crippen LogP contribution in [0.25, 0.3) is 10.9 Å². The molecule has 0 unspecified atom stereocenters. The van der Waals surface area contributed by atoms with Crippen LogP contribution >= 0.6 is 0 Å². The van der Waals surface area contributed by atoms with Crippen LogP contribution in [0.2, 0.25) is 0 Å². The molecule has 7 nitrogen and oxygen atoms in total. The van der Waals surface area contributed by atoms with Gasteiger partial charge in [0.25, 0.3) is 0 Å². The van der Waals surface area contributed by atoms with E-state index in [1.165, 1.54) is 0 Å². The molecule has 1 saturated heterocycles. The molecule has 1 aromatic heterocycles. The predicted octanol–water partition coefficient (Wildman–Crippen LogP) is 1.44. The van der Waals surface area contributed by atoms with Crippen LogP contribution in [0.5, 0.6) is 11.5 Å². The number of hydrogen-bond donors (Lipinski definition) is 2. The Morgan fingerprint density at radius 3 is 2.43 bits per heavy atom. The highest BCUT2D eigenvalue weighted by atomic mass is 16.5. The van der Waals surface area contributed by atoms with Gasteiger partial charge in [-0.1, -0.05) is 0 Å². The summed E-state index contributed by atoms with van der Waals surface area (Å²) in [4.78, 5) is 11.2. The maximum absolute atomic E-state index is 9.24. The average Bonchev–Trinajstić information content (AvgIpc) is 2.60. The van der Waals surface area contributed by atoms with Gasteiger partial charge in [-0.2, -0.15) is 4.98 Å². The van der Waals surface area contributed by atoms with Gasteiger partial charge >= 0.3 is 0 Å². The normalized spacial score (nSPS) is 15.9. The molecule has 0 spiro atoms. The largest absolute Gasteiger partial charge is 0.493 e. The zero-order valence-corrected chi connectivity index (χ0v) is 13.5. The van der Waals surface area contributed by atoms with Crippen LogP contribution in [0.3, 0.4) is 0 Å². The lowest BCUT2D eigenvalue weighted by molar-refractivity contribution is 0.202. The Bertz CT molecular complexity index is 699. The van der Waals surface area contributed by atoms with E-state index < -0.39 is 0 Å². The summed E-state index contributed by atoms with van der Waals surface area (Å²) < 4.78 is 10.6. The van der Waals surface area contributed by atoms with Crippen LogP contribution in [0.1, 0.15) is 12.8 Å². The van der Waals surface area contributed by atoms with E-state index in [0.717, 1.165) is 36.8 Å². The van der Waals surface area contributed by atoms with Crippen molar-refractivity contribution in [2.24, 2.45) is 5.92 Å². The quantitative estimate of drug-likeness (QED) is 0.881. The number of aliphatic hydroxyl groups excluding tert-OH is 1. The first-order chi connectivity index (χ1) is 11.2. The summed E-state index contributed by atoms with van der Waals surface area (Å²) in [6, 6.07) is 3.61. The third-order valence-corrected chi connectivity index (χ3v) is 4.37. The van der Waals surface area contributed by atoms with Gasteiger partial charge in [0.2, 0.25) is 5.95 Å². The Morgan fingerprint density at radius 1 is 1.17 bits per heavy atom. The minimum atomic E-state index is 0.242. The molecule has 7 heteroatoms. The molecule has 1 aromatic carbocycles. The van der Waals surface area contributed by atoms with Gasteiger partial charge in [0.05, 0.1) is 19.7 Å². The minimum absolute atomic E-state index is 0.242. The smallest absolute Gasteiger partial charge is 0.227 e. The Hall–Kier alpha value is -2.28. The molecule has 3 N–H and O–H groups in total. The molecule has 0 aliphatic carbocycles. The number of fused-ring (bicyclic) bond motifs is 1. The van der Waals surface area contributed by atoms with E-state index in [1.54, 1.807) is 20.3 Å². The predicted molar refractivity (Wildman–Crippen MR) is 89.1 cm³/mol. The summed E-state index contributed by atoms with van der Waals surface area (Å²) in [6.45, 7) is 1.89. The number of nitrogen functional groups attached to an aromatic ring is 1. The zero-order valence-electron chi connectivity index (χ0n) is 13.5. The highest BCUT2D eigenvalue weighted by Crippen LogP contribution is 2.34. The molecule has 0 saturated carbocycles. The number of hydrogen-bond acceptors (Lipinski definition) is 7. The summed E-state index contributed by atoms with van der Waals surface area (Å²) in [5.74, 6) is 2.64. The first-order valence-corrected chi connectivity index (χ1v) is 7.71. The number of aliphatic hydroxyl groups is 1. The molecule has 0 amide bonds. The van der Waals surface area contributed by atoms with Crippen molar-refractivity contribution in [2.45, 2.75) is 12.8 Å². The molecule has 1 aliphatic rings. The van der Waals surface area contributed by atoms with E-state index in [-0.39, 0.29) is 6.61 Å². The third-order valence-electron chi connectivity index (χ3n) is 4.37. The highest BCUT2D eigenvalue weighted by Gasteiger charge is 2.21. The molecule has 23 heavy (non-hydrogen) atoms. The number of ether oxygens (including phenoxy) is 2. The number of methoxy groups -OCH3 is 2. The van der Waals surface area contributed by atoms with Crippen LogP contribution < -0.4 is 20.1 Å². The fraction of sp³-hybridized carbons (Fsp3) is 0.500. The van der Waals surface area contributed by atoms with Crippen molar-refractivity contribution in [3.63, 3.8) is 0 Å². The summed E-state index contributed by atoms with van der Waals surface area (Å²) in [5.41, 5.74) is 6.85. The van der Waals surface area contributed by atoms with Crippen molar-refractivity contribution in [1.29, 1.82) is 0 Å². The van der Waals surface area contributed by atoms with Crippen molar-refractivity contribution in [3.8, 4) is 11.5 Å². The summed E-state index contributed by atoms with van der Waals surface area (Å²) in [7, 11) is 3.18. The molecule has 2 aromatic rings. The van der Waals surface area contributed by atoms with Crippen molar-refractivity contribution < 1.29 is 14.6 Å². The lowest BCUT2D eigenvalue weighted by atomic mass is 9.98. The SMILES string of the molecule is COc1cc2nc(N3CCC(CO)CC3)nc(N)c2cc1OC. The van der Waals surface area contributed by atoms with Crippen LogP contribution in [0.4, 0.5) is 11.8 Å². The minimum Gasteiger partial charge on any atom is -0.493 e. The van der Waals surface area contributed by atoms with Gasteiger partial charge in [-0.05, 0) is 24.8 Å². The number of anilines is 2. The molecule has 0 atom stereocenters. The van der Waals surface area contributed by atoms with E-state index >= 15 is 0 Å². The molecule has 1 fully saturated rings. The van der Waals surface area contributed by atoms with Crippen molar-refractivity contribution in [2.75, 3.05) is 44.5 Å². The first-order valence-electron chi connectivity index (χ1n) is 7.71. The lowest BCUT2D eigenvalue weighted by Gasteiger charge is -2.31. The average molecular weight is 318 g/mol. The third kappa shape index (κ3) is 2.96. The van der Waals surface area contributed by atoms with Crippen LogP contribution in [-0.2, 0) is 0 Å². The first kappa shape index (κ1) is 15.6. The molecule has 1 aliphatic heterocycles. The van der Waals surface area contributed by atoms with Crippen molar-refractivity contribution >= 4 is 22.7 Å². The van der Waals surface area contributed by atoms with Gasteiger partial charge in [0, 0.05) is 31.1 Å². The van der Waals surface area contributed by atoms with Crippen molar-refractivity contribution in [1.82, 2.24) is 9.97 Å². The molecule has 0 radical (unpaired) electrons. The van der Waals surface area contributed by atoms with E-state index in [0.29, 0.717) is 29.2 Å². The molecule has 124 valence electrons. The Morgan fingerprint density at radius 2 is 1.83 bits per heavy atom. The molecule has 2 heterocycles. The lowest BCUT2D eigenvalue weighted by Crippen LogP contribution is -2.36. The van der Waals surface area contributed by atoms with Gasteiger partial charge in [-0.25, -0.2) is 4.98 Å². The second kappa shape index (κ2) is 6.45. The monoisotopic (exact) mass is 318 g/mol. The van der Waals surface area contributed by atoms with E-state index in [4.69, 9.17) is 15.2 Å². The number of rotatable bonds is 4. The molecule has 3 rings (SSSR count). The second-order valence-corrected chi connectivity index (χ2v) is 5.75. The van der Waals surface area contributed by atoms with Gasteiger partial charge in [-0.15, -0.1) is 0 Å². The number of nitrogens with zero attached hydrogens (tertiary/aromatic N) is 3. The van der Waals surface area contributed by atoms with E-state index in [2.05, 4.69) is 14.9 Å². The topological polar surface area (TPSA) is 93.7 Å². The summed E-state index contributed by atoms with van der Waals surface area (Å²) in [5, 5.41) is 9.99. The molecular formula is C16H22N4O3. The van der Waals surface area contributed by atoms with Crippen LogP contribution in [0.15, 0.2) is 12.1 Å². The highest BCUT2D eigenvalue weighted by molar-refractivity contribution is 5.91. The Balaban J connectivity index is 1.97. The molecule has 0 bridgehead atoms. The maximum Gasteiger partial charge on any atom is 0.227 e. The Labute approximate surface area is 135 Å². The second-order valence-electron chi connectivity index (χ2n) is 5.75. The number of aromatic nitrogens is 2. The van der Waals surface area contributed by atoms with Gasteiger partial charge in [0.15, 0.2) is 11.5 Å². The van der Waals surface area contributed by atoms with Crippen LogP contribution in [0, 0.1) is 5.92 Å². The van der Waals surface area contributed by atoms with E-state index in [1.807, 2.05) is 6.07 Å². The van der Waals surface area contributed by atoms with Crippen LogP contribution in [-0.4, -0.2) is 49.0 Å². The Kier molecular flexibility index (Phi) is 4.38. The fourth-order valence-corrected chi connectivity index (χ4v) is 2.92.